The van der Waals surface area contributed by atoms with Crippen LogP contribution >= 0.6 is 0 Å². The van der Waals surface area contributed by atoms with Gasteiger partial charge in [0.05, 0.1) is 0 Å². The van der Waals surface area contributed by atoms with Crippen LogP contribution in [0.15, 0.2) is 30.2 Å². The second kappa shape index (κ2) is 4.30. The minimum atomic E-state index is -0.0000926. The van der Waals surface area contributed by atoms with Gasteiger partial charge < -0.3 is 4.90 Å². The summed E-state index contributed by atoms with van der Waals surface area (Å²) in [4.78, 5) is 23.6. The highest BCUT2D eigenvalue weighted by molar-refractivity contribution is 6.06. The lowest BCUT2D eigenvalue weighted by molar-refractivity contribution is -0.114. The lowest BCUT2D eigenvalue weighted by atomic mass is 10.2. The fourth-order valence-electron chi connectivity index (χ4n) is 1.67. The SMILES string of the molecule is CN(C)C=C1CCN(c2ncccn2)C1=O. The average Bonchev–Trinajstić information content (AvgIpc) is 2.61. The smallest absolute Gasteiger partial charge is 0.258 e. The van der Waals surface area contributed by atoms with E-state index in [1.54, 1.807) is 23.4 Å². The number of nitrogens with zero attached hydrogens (tertiary/aromatic N) is 4. The van der Waals surface area contributed by atoms with Gasteiger partial charge in [0.2, 0.25) is 5.95 Å². The summed E-state index contributed by atoms with van der Waals surface area (Å²) < 4.78 is 0. The van der Waals surface area contributed by atoms with Crippen molar-refractivity contribution in [1.82, 2.24) is 14.9 Å². The quantitative estimate of drug-likeness (QED) is 0.684. The van der Waals surface area contributed by atoms with Crippen molar-refractivity contribution >= 4 is 11.9 Å². The van der Waals surface area contributed by atoms with E-state index in [0.717, 1.165) is 12.0 Å². The summed E-state index contributed by atoms with van der Waals surface area (Å²) in [5.74, 6) is 0.481. The van der Waals surface area contributed by atoms with Crippen LogP contribution < -0.4 is 4.90 Å². The molecule has 2 heterocycles. The Morgan fingerprint density at radius 3 is 2.69 bits per heavy atom. The van der Waals surface area contributed by atoms with Crippen molar-refractivity contribution in [1.29, 1.82) is 0 Å². The molecule has 0 radical (unpaired) electrons. The van der Waals surface area contributed by atoms with Gasteiger partial charge in [0.25, 0.3) is 5.91 Å². The second-order valence-electron chi connectivity index (χ2n) is 3.87. The molecule has 5 heteroatoms. The summed E-state index contributed by atoms with van der Waals surface area (Å²) >= 11 is 0. The molecule has 84 valence electrons. The molecule has 1 aromatic heterocycles. The Morgan fingerprint density at radius 2 is 2.06 bits per heavy atom. The van der Waals surface area contributed by atoms with Crippen LogP contribution in [-0.4, -0.2) is 41.4 Å². The Hall–Kier alpha value is -1.91. The van der Waals surface area contributed by atoms with Crippen molar-refractivity contribution in [3.63, 3.8) is 0 Å². The first kappa shape index (κ1) is 10.6. The van der Waals surface area contributed by atoms with Crippen LogP contribution in [0, 0.1) is 0 Å². The zero-order chi connectivity index (χ0) is 11.5. The molecular weight excluding hydrogens is 204 g/mol. The molecule has 1 aliphatic heterocycles. The molecule has 0 unspecified atom stereocenters. The maximum absolute atomic E-state index is 12.0. The maximum Gasteiger partial charge on any atom is 0.258 e. The van der Waals surface area contributed by atoms with Gasteiger partial charge >= 0.3 is 0 Å². The lowest BCUT2D eigenvalue weighted by Gasteiger charge is -2.12. The van der Waals surface area contributed by atoms with Gasteiger partial charge in [0.1, 0.15) is 0 Å². The molecule has 0 atom stereocenters. The van der Waals surface area contributed by atoms with E-state index in [9.17, 15) is 4.79 Å². The third-order valence-corrected chi connectivity index (χ3v) is 2.33. The zero-order valence-electron chi connectivity index (χ0n) is 9.42. The van der Waals surface area contributed by atoms with Crippen molar-refractivity contribution in [2.24, 2.45) is 0 Å². The van der Waals surface area contributed by atoms with Gasteiger partial charge in [0, 0.05) is 44.8 Å². The van der Waals surface area contributed by atoms with E-state index < -0.39 is 0 Å². The minimum Gasteiger partial charge on any atom is -0.383 e. The first-order chi connectivity index (χ1) is 7.68. The molecule has 1 saturated heterocycles. The number of amides is 1. The number of carbonyl (C=O) groups excluding carboxylic acids is 1. The second-order valence-corrected chi connectivity index (χ2v) is 3.87. The molecule has 1 aromatic rings. The summed E-state index contributed by atoms with van der Waals surface area (Å²) in [6.45, 7) is 0.655. The van der Waals surface area contributed by atoms with E-state index in [2.05, 4.69) is 9.97 Å². The summed E-state index contributed by atoms with van der Waals surface area (Å²) in [5.41, 5.74) is 0.803. The standard InChI is InChI=1S/C11H14N4O/c1-14(2)8-9-4-7-15(10(9)16)11-12-5-3-6-13-11/h3,5-6,8H,4,7H2,1-2H3. The van der Waals surface area contributed by atoms with Crippen molar-refractivity contribution in [3.8, 4) is 0 Å². The highest BCUT2D eigenvalue weighted by atomic mass is 16.2. The molecule has 5 nitrogen and oxygen atoms in total. The molecule has 1 fully saturated rings. The van der Waals surface area contributed by atoms with Crippen LogP contribution in [0.25, 0.3) is 0 Å². The van der Waals surface area contributed by atoms with E-state index in [0.29, 0.717) is 12.5 Å². The molecule has 0 saturated carbocycles. The fraction of sp³-hybridized carbons (Fsp3) is 0.364. The lowest BCUT2D eigenvalue weighted by Crippen LogP contribution is -2.26. The molecule has 1 aliphatic rings. The van der Waals surface area contributed by atoms with Crippen LogP contribution in [0.4, 0.5) is 5.95 Å². The zero-order valence-corrected chi connectivity index (χ0v) is 9.42. The van der Waals surface area contributed by atoms with Gasteiger partial charge in [0.15, 0.2) is 0 Å². The molecule has 2 rings (SSSR count). The maximum atomic E-state index is 12.0. The van der Waals surface area contributed by atoms with Crippen molar-refractivity contribution in [2.75, 3.05) is 25.5 Å². The van der Waals surface area contributed by atoms with Gasteiger partial charge in [-0.25, -0.2) is 9.97 Å². The molecule has 16 heavy (non-hydrogen) atoms. The number of carbonyl (C=O) groups is 1. The Balaban J connectivity index is 2.20. The monoisotopic (exact) mass is 218 g/mol. The van der Waals surface area contributed by atoms with E-state index in [-0.39, 0.29) is 5.91 Å². The molecule has 0 aliphatic carbocycles. The highest BCUT2D eigenvalue weighted by Crippen LogP contribution is 2.21. The average molecular weight is 218 g/mol. The normalized spacial score (nSPS) is 18.2. The third-order valence-electron chi connectivity index (χ3n) is 2.33. The Morgan fingerprint density at radius 1 is 1.38 bits per heavy atom. The number of rotatable bonds is 2. The van der Waals surface area contributed by atoms with Gasteiger partial charge in [-0.3, -0.25) is 9.69 Å². The first-order valence-corrected chi connectivity index (χ1v) is 5.14. The number of anilines is 1. The predicted octanol–water partition coefficient (Wildman–Crippen LogP) is 0.659. The Labute approximate surface area is 94.4 Å². The molecule has 0 spiro atoms. The minimum absolute atomic E-state index is 0.0000926. The van der Waals surface area contributed by atoms with E-state index in [4.69, 9.17) is 0 Å². The number of hydrogen-bond acceptors (Lipinski definition) is 4. The number of hydrogen-bond donors (Lipinski definition) is 0. The molecule has 0 N–H and O–H groups in total. The van der Waals surface area contributed by atoms with E-state index in [1.807, 2.05) is 25.2 Å². The van der Waals surface area contributed by atoms with E-state index in [1.165, 1.54) is 0 Å². The topological polar surface area (TPSA) is 49.3 Å². The largest absolute Gasteiger partial charge is 0.383 e. The Kier molecular flexibility index (Phi) is 2.85. The van der Waals surface area contributed by atoms with Crippen LogP contribution in [0.2, 0.25) is 0 Å². The molecule has 0 bridgehead atoms. The summed E-state index contributed by atoms with van der Waals surface area (Å²) in [5, 5.41) is 0. The third kappa shape index (κ3) is 2.03. The molecule has 0 aromatic carbocycles. The van der Waals surface area contributed by atoms with Crippen molar-refractivity contribution in [2.45, 2.75) is 6.42 Å². The van der Waals surface area contributed by atoms with Gasteiger partial charge in [-0.1, -0.05) is 0 Å². The van der Waals surface area contributed by atoms with E-state index >= 15 is 0 Å². The van der Waals surface area contributed by atoms with Crippen LogP contribution in [0.5, 0.6) is 0 Å². The summed E-state index contributed by atoms with van der Waals surface area (Å²) in [6, 6.07) is 1.74. The van der Waals surface area contributed by atoms with Crippen LogP contribution in [0.3, 0.4) is 0 Å². The molecule has 1 amide bonds. The predicted molar refractivity (Wildman–Crippen MR) is 60.8 cm³/mol. The Bertz CT molecular complexity index is 413. The molecular formula is C11H14N4O. The summed E-state index contributed by atoms with van der Waals surface area (Å²) in [6.07, 6.45) is 5.88. The fourth-order valence-corrected chi connectivity index (χ4v) is 1.67. The highest BCUT2D eigenvalue weighted by Gasteiger charge is 2.28. The van der Waals surface area contributed by atoms with Gasteiger partial charge in [-0.15, -0.1) is 0 Å². The summed E-state index contributed by atoms with van der Waals surface area (Å²) in [7, 11) is 3.81. The van der Waals surface area contributed by atoms with Crippen molar-refractivity contribution in [3.05, 3.63) is 30.2 Å². The van der Waals surface area contributed by atoms with Crippen LogP contribution in [-0.2, 0) is 4.79 Å². The van der Waals surface area contributed by atoms with Gasteiger partial charge in [-0.2, -0.15) is 0 Å². The van der Waals surface area contributed by atoms with Gasteiger partial charge in [-0.05, 0) is 12.5 Å². The van der Waals surface area contributed by atoms with Crippen LogP contribution in [0.1, 0.15) is 6.42 Å². The first-order valence-electron chi connectivity index (χ1n) is 5.14. The van der Waals surface area contributed by atoms with Crippen molar-refractivity contribution < 1.29 is 4.79 Å². The number of aromatic nitrogens is 2.